The summed E-state index contributed by atoms with van der Waals surface area (Å²) in [6.45, 7) is 0. The highest BCUT2D eigenvalue weighted by Crippen LogP contribution is 2.36. The fraction of sp³-hybridized carbons (Fsp3) is 0.100. The summed E-state index contributed by atoms with van der Waals surface area (Å²) in [5.74, 6) is -0.279. The number of hydrogen-bond acceptors (Lipinski definition) is 3. The van der Waals surface area contributed by atoms with Crippen LogP contribution in [0.1, 0.15) is 16.4 Å². The van der Waals surface area contributed by atoms with Gasteiger partial charge in [0, 0.05) is 11.9 Å². The van der Waals surface area contributed by atoms with Crippen LogP contribution >= 0.6 is 11.8 Å². The molecule has 7 heteroatoms. The lowest BCUT2D eigenvalue weighted by Crippen LogP contribution is -2.19. The zero-order valence-corrected chi connectivity index (χ0v) is 14.8. The third-order valence-electron chi connectivity index (χ3n) is 3.68. The number of thioether (sulfide) groups is 1. The molecule has 0 aliphatic carbocycles. The number of nitrogens with zero attached hydrogens (tertiary/aromatic N) is 1. The smallest absolute Gasteiger partial charge is 0.325 e. The molecule has 0 fully saturated rings. The molecule has 0 saturated heterocycles. The van der Waals surface area contributed by atoms with Gasteiger partial charge in [0.1, 0.15) is 5.25 Å². The van der Waals surface area contributed by atoms with E-state index < -0.39 is 17.0 Å². The quantitative estimate of drug-likeness (QED) is 0.581. The van der Waals surface area contributed by atoms with Crippen LogP contribution in [0, 0.1) is 0 Å². The van der Waals surface area contributed by atoms with Gasteiger partial charge in [-0.05, 0) is 29.8 Å². The normalized spacial score (nSPS) is 12.4. The van der Waals surface area contributed by atoms with Crippen molar-refractivity contribution in [1.82, 2.24) is 4.98 Å². The lowest BCUT2D eigenvalue weighted by molar-refractivity contribution is -0.137. The number of nitrogens with one attached hydrogen (secondary N) is 1. The van der Waals surface area contributed by atoms with E-state index in [1.807, 2.05) is 12.1 Å². The van der Waals surface area contributed by atoms with Crippen molar-refractivity contribution in [3.63, 3.8) is 0 Å². The summed E-state index contributed by atoms with van der Waals surface area (Å²) in [7, 11) is 0. The molecule has 1 unspecified atom stereocenters. The van der Waals surface area contributed by atoms with E-state index in [9.17, 15) is 18.0 Å². The second-order valence-corrected chi connectivity index (χ2v) is 6.77. The summed E-state index contributed by atoms with van der Waals surface area (Å²) in [6.07, 6.45) is -3.67. The van der Waals surface area contributed by atoms with Crippen molar-refractivity contribution in [3.8, 4) is 0 Å². The van der Waals surface area contributed by atoms with Gasteiger partial charge in [-0.25, -0.2) is 4.98 Å². The van der Waals surface area contributed by atoms with Gasteiger partial charge in [-0.15, -0.1) is 0 Å². The van der Waals surface area contributed by atoms with Crippen molar-refractivity contribution < 1.29 is 18.0 Å². The van der Waals surface area contributed by atoms with Crippen LogP contribution in [0.5, 0.6) is 0 Å². The number of pyridine rings is 1. The van der Waals surface area contributed by atoms with E-state index in [0.717, 1.165) is 29.6 Å². The Bertz CT molecular complexity index is 885. The maximum absolute atomic E-state index is 12.8. The molecule has 0 saturated carbocycles. The highest BCUT2D eigenvalue weighted by atomic mass is 32.2. The number of hydrogen-bond donors (Lipinski definition) is 1. The van der Waals surface area contributed by atoms with E-state index in [2.05, 4.69) is 10.3 Å². The number of rotatable bonds is 5. The van der Waals surface area contributed by atoms with E-state index in [1.165, 1.54) is 6.07 Å². The van der Waals surface area contributed by atoms with Crippen molar-refractivity contribution in [2.45, 2.75) is 16.5 Å². The minimum Gasteiger partial charge on any atom is -0.325 e. The summed E-state index contributed by atoms with van der Waals surface area (Å²) in [4.78, 5) is 16.7. The standard InChI is InChI=1S/C20H15F3N2OS/c21-20(22,23)15-11-12-17(24-13-15)27-18(14-7-3-1-4-8-14)19(26)25-16-9-5-2-6-10-16/h1-13,18H,(H,25,26). The monoisotopic (exact) mass is 388 g/mol. The second-order valence-electron chi connectivity index (χ2n) is 5.65. The Morgan fingerprint density at radius 2 is 1.56 bits per heavy atom. The van der Waals surface area contributed by atoms with E-state index in [0.29, 0.717) is 10.7 Å². The molecule has 1 aromatic heterocycles. The minimum absolute atomic E-state index is 0.279. The van der Waals surface area contributed by atoms with Crippen LogP contribution in [0.15, 0.2) is 84.0 Å². The van der Waals surface area contributed by atoms with Gasteiger partial charge in [0.05, 0.1) is 10.6 Å². The molecule has 3 nitrogen and oxygen atoms in total. The van der Waals surface area contributed by atoms with E-state index in [1.54, 1.807) is 48.5 Å². The third kappa shape index (κ3) is 5.10. The van der Waals surface area contributed by atoms with Crippen molar-refractivity contribution in [3.05, 3.63) is 90.1 Å². The molecule has 2 aromatic carbocycles. The summed E-state index contributed by atoms with van der Waals surface area (Å²) in [5.41, 5.74) is 0.555. The van der Waals surface area contributed by atoms with Crippen molar-refractivity contribution in [2.24, 2.45) is 0 Å². The average molecular weight is 388 g/mol. The van der Waals surface area contributed by atoms with Crippen LogP contribution in [-0.2, 0) is 11.0 Å². The van der Waals surface area contributed by atoms with Crippen LogP contribution in [0.3, 0.4) is 0 Å². The first-order valence-electron chi connectivity index (χ1n) is 8.04. The van der Waals surface area contributed by atoms with Crippen molar-refractivity contribution >= 4 is 23.4 Å². The first-order chi connectivity index (χ1) is 12.9. The van der Waals surface area contributed by atoms with Gasteiger partial charge < -0.3 is 5.32 Å². The number of carbonyl (C=O) groups excluding carboxylic acids is 1. The largest absolute Gasteiger partial charge is 0.417 e. The Balaban J connectivity index is 1.83. The van der Waals surface area contributed by atoms with E-state index >= 15 is 0 Å². The van der Waals surface area contributed by atoms with Gasteiger partial charge in [0.25, 0.3) is 0 Å². The fourth-order valence-electron chi connectivity index (χ4n) is 2.37. The van der Waals surface area contributed by atoms with E-state index in [4.69, 9.17) is 0 Å². The predicted molar refractivity (Wildman–Crippen MR) is 99.4 cm³/mol. The van der Waals surface area contributed by atoms with Gasteiger partial charge in [0.2, 0.25) is 5.91 Å². The maximum Gasteiger partial charge on any atom is 0.417 e. The van der Waals surface area contributed by atoms with Gasteiger partial charge >= 0.3 is 6.18 Å². The first-order valence-corrected chi connectivity index (χ1v) is 8.92. The maximum atomic E-state index is 12.8. The Kier molecular flexibility index (Phi) is 5.81. The lowest BCUT2D eigenvalue weighted by atomic mass is 10.1. The zero-order chi connectivity index (χ0) is 19.3. The van der Waals surface area contributed by atoms with Gasteiger partial charge in [0.15, 0.2) is 0 Å². The molecule has 0 spiro atoms. The van der Waals surface area contributed by atoms with Crippen LogP contribution in [0.4, 0.5) is 18.9 Å². The Labute approximate surface area is 158 Å². The minimum atomic E-state index is -4.44. The summed E-state index contributed by atoms with van der Waals surface area (Å²) < 4.78 is 38.1. The molecule has 1 amide bonds. The summed E-state index contributed by atoms with van der Waals surface area (Å²) >= 11 is 1.10. The number of alkyl halides is 3. The Morgan fingerprint density at radius 3 is 2.11 bits per heavy atom. The topological polar surface area (TPSA) is 42.0 Å². The summed E-state index contributed by atoms with van der Waals surface area (Å²) in [5, 5.41) is 2.51. The number of amides is 1. The zero-order valence-electron chi connectivity index (χ0n) is 14.0. The molecule has 1 N–H and O–H groups in total. The molecule has 27 heavy (non-hydrogen) atoms. The number of aromatic nitrogens is 1. The molecular formula is C20H15F3N2OS. The Hall–Kier alpha value is -2.80. The number of anilines is 1. The van der Waals surface area contributed by atoms with Gasteiger partial charge in [-0.1, -0.05) is 60.3 Å². The predicted octanol–water partition coefficient (Wildman–Crippen LogP) is 5.57. The summed E-state index contributed by atoms with van der Waals surface area (Å²) in [6, 6.07) is 20.3. The second kappa shape index (κ2) is 8.26. The molecule has 1 heterocycles. The average Bonchev–Trinajstić information content (AvgIpc) is 2.67. The molecule has 3 aromatic rings. The number of benzene rings is 2. The first kappa shape index (κ1) is 19.0. The van der Waals surface area contributed by atoms with Gasteiger partial charge in [-0.2, -0.15) is 13.2 Å². The van der Waals surface area contributed by atoms with Gasteiger partial charge in [-0.3, -0.25) is 4.79 Å². The fourth-order valence-corrected chi connectivity index (χ4v) is 3.33. The number of halogens is 3. The molecule has 138 valence electrons. The van der Waals surface area contributed by atoms with Crippen molar-refractivity contribution in [2.75, 3.05) is 5.32 Å². The van der Waals surface area contributed by atoms with Crippen LogP contribution < -0.4 is 5.32 Å². The van der Waals surface area contributed by atoms with Crippen LogP contribution in [0.25, 0.3) is 0 Å². The molecule has 0 bridgehead atoms. The number of para-hydroxylation sites is 1. The van der Waals surface area contributed by atoms with Crippen molar-refractivity contribution in [1.29, 1.82) is 0 Å². The molecule has 3 rings (SSSR count). The highest BCUT2D eigenvalue weighted by Gasteiger charge is 2.31. The van der Waals surface area contributed by atoms with E-state index in [-0.39, 0.29) is 5.91 Å². The third-order valence-corrected chi connectivity index (χ3v) is 4.89. The number of carbonyl (C=O) groups is 1. The molecule has 0 radical (unpaired) electrons. The lowest BCUT2D eigenvalue weighted by Gasteiger charge is -2.17. The molecule has 0 aliphatic heterocycles. The SMILES string of the molecule is O=C(Nc1ccccc1)C(Sc1ccc(C(F)(F)F)cn1)c1ccccc1. The molecular weight excluding hydrogens is 373 g/mol. The van der Waals surface area contributed by atoms with Crippen LogP contribution in [-0.4, -0.2) is 10.9 Å². The highest BCUT2D eigenvalue weighted by molar-refractivity contribution is 8.00. The molecule has 1 atom stereocenters. The van der Waals surface area contributed by atoms with Crippen LogP contribution in [0.2, 0.25) is 0 Å². The molecule has 0 aliphatic rings. The Morgan fingerprint density at radius 1 is 0.926 bits per heavy atom.